The van der Waals surface area contributed by atoms with Crippen molar-refractivity contribution in [1.82, 2.24) is 24.9 Å². The van der Waals surface area contributed by atoms with Crippen LogP contribution in [0.25, 0.3) is 0 Å². The maximum absolute atomic E-state index is 11.9. The number of carbonyl (C=O) groups is 2. The van der Waals surface area contributed by atoms with E-state index < -0.39 is 12.0 Å². The Labute approximate surface area is 135 Å². The Morgan fingerprint density at radius 3 is 2.91 bits per heavy atom. The fourth-order valence-corrected chi connectivity index (χ4v) is 2.11. The van der Waals surface area contributed by atoms with Crippen LogP contribution >= 0.6 is 15.9 Å². The van der Waals surface area contributed by atoms with E-state index >= 15 is 0 Å². The lowest BCUT2D eigenvalue weighted by atomic mass is 10.3. The first-order valence-corrected chi connectivity index (χ1v) is 7.51. The van der Waals surface area contributed by atoms with Gasteiger partial charge in [-0.15, -0.1) is 0 Å². The third-order valence-electron chi connectivity index (χ3n) is 3.05. The lowest BCUT2D eigenvalue weighted by molar-refractivity contribution is -0.140. The van der Waals surface area contributed by atoms with Crippen LogP contribution in [0, 0.1) is 0 Å². The van der Waals surface area contributed by atoms with E-state index in [1.807, 2.05) is 6.20 Å². The number of nitrogens with zero attached hydrogens (tertiary/aromatic N) is 4. The molecule has 0 saturated heterocycles. The van der Waals surface area contributed by atoms with Crippen molar-refractivity contribution in [3.05, 3.63) is 34.8 Å². The Balaban J connectivity index is 1.79. The average Bonchev–Trinajstić information content (AvgIpc) is 3.11. The lowest BCUT2D eigenvalue weighted by Gasteiger charge is -2.06. The predicted molar refractivity (Wildman–Crippen MR) is 81.5 cm³/mol. The van der Waals surface area contributed by atoms with Crippen LogP contribution < -0.4 is 5.32 Å². The second-order valence-corrected chi connectivity index (χ2v) is 5.64. The highest BCUT2D eigenvalue weighted by Gasteiger charge is 2.16. The molecule has 1 atom stereocenters. The van der Waals surface area contributed by atoms with Crippen molar-refractivity contribution < 1.29 is 14.7 Å². The molecular formula is C13H16BrN5O3. The van der Waals surface area contributed by atoms with Crippen LogP contribution in [0.5, 0.6) is 0 Å². The van der Waals surface area contributed by atoms with Crippen LogP contribution in [0.4, 0.5) is 0 Å². The number of aromatic nitrogens is 4. The van der Waals surface area contributed by atoms with Gasteiger partial charge in [0.1, 0.15) is 11.7 Å². The quantitative estimate of drug-likeness (QED) is 0.716. The molecule has 0 spiro atoms. The zero-order valence-electron chi connectivity index (χ0n) is 11.9. The van der Waals surface area contributed by atoms with Crippen LogP contribution in [0.2, 0.25) is 0 Å². The standard InChI is InChI=1S/C13H16BrN5O3/c1-9(13(21)22)19-6-3-11(17-19)12(20)15-4-2-5-18-8-10(14)7-16-18/h3,6-9H,2,4-5H2,1H3,(H,15,20)(H,21,22). The summed E-state index contributed by atoms with van der Waals surface area (Å²) in [5, 5.41) is 19.7. The highest BCUT2D eigenvalue weighted by molar-refractivity contribution is 9.10. The van der Waals surface area contributed by atoms with E-state index in [1.54, 1.807) is 10.9 Å². The molecule has 2 aromatic rings. The largest absolute Gasteiger partial charge is 0.480 e. The Bertz CT molecular complexity index is 666. The number of hydrogen-bond acceptors (Lipinski definition) is 4. The summed E-state index contributed by atoms with van der Waals surface area (Å²) in [5.74, 6) is -1.32. The first-order chi connectivity index (χ1) is 10.5. The molecule has 2 N–H and O–H groups in total. The number of aliphatic carboxylic acids is 1. The summed E-state index contributed by atoms with van der Waals surface area (Å²) >= 11 is 3.31. The molecule has 2 rings (SSSR count). The molecule has 9 heteroatoms. The molecule has 0 saturated carbocycles. The third kappa shape index (κ3) is 4.17. The molecule has 8 nitrogen and oxygen atoms in total. The van der Waals surface area contributed by atoms with Crippen LogP contribution in [-0.4, -0.2) is 43.1 Å². The molecular weight excluding hydrogens is 354 g/mol. The normalized spacial score (nSPS) is 12.1. The third-order valence-corrected chi connectivity index (χ3v) is 3.46. The first kappa shape index (κ1) is 16.2. The molecule has 2 aromatic heterocycles. The fraction of sp³-hybridized carbons (Fsp3) is 0.385. The summed E-state index contributed by atoms with van der Waals surface area (Å²) in [6.07, 6.45) is 5.77. The molecule has 0 aromatic carbocycles. The second kappa shape index (κ2) is 7.21. The van der Waals surface area contributed by atoms with Crippen LogP contribution in [0.15, 0.2) is 29.1 Å². The van der Waals surface area contributed by atoms with Crippen molar-refractivity contribution in [3.63, 3.8) is 0 Å². The SMILES string of the molecule is CC(C(=O)O)n1ccc(C(=O)NCCCn2cc(Br)cn2)n1. The molecule has 0 radical (unpaired) electrons. The first-order valence-electron chi connectivity index (χ1n) is 6.71. The zero-order chi connectivity index (χ0) is 16.1. The number of nitrogens with one attached hydrogen (secondary N) is 1. The minimum absolute atomic E-state index is 0.204. The van der Waals surface area contributed by atoms with E-state index in [0.29, 0.717) is 13.1 Å². The summed E-state index contributed by atoms with van der Waals surface area (Å²) in [4.78, 5) is 22.8. The summed E-state index contributed by atoms with van der Waals surface area (Å²) in [7, 11) is 0. The smallest absolute Gasteiger partial charge is 0.328 e. The van der Waals surface area contributed by atoms with Crippen LogP contribution in [0.1, 0.15) is 29.9 Å². The van der Waals surface area contributed by atoms with E-state index in [-0.39, 0.29) is 11.6 Å². The van der Waals surface area contributed by atoms with Crippen LogP contribution in [-0.2, 0) is 11.3 Å². The molecule has 1 unspecified atom stereocenters. The van der Waals surface area contributed by atoms with Crippen molar-refractivity contribution in [2.45, 2.75) is 25.9 Å². The van der Waals surface area contributed by atoms with Gasteiger partial charge in [-0.2, -0.15) is 10.2 Å². The number of carboxylic acids is 1. The summed E-state index contributed by atoms with van der Waals surface area (Å²) in [6.45, 7) is 2.67. The zero-order valence-corrected chi connectivity index (χ0v) is 13.5. The highest BCUT2D eigenvalue weighted by Crippen LogP contribution is 2.07. The van der Waals surface area contributed by atoms with Crippen molar-refractivity contribution in [2.24, 2.45) is 0 Å². The van der Waals surface area contributed by atoms with Gasteiger partial charge < -0.3 is 10.4 Å². The summed E-state index contributed by atoms with van der Waals surface area (Å²) < 4.78 is 3.94. The van der Waals surface area contributed by atoms with Crippen molar-refractivity contribution >= 4 is 27.8 Å². The van der Waals surface area contributed by atoms with Gasteiger partial charge in [0.2, 0.25) is 0 Å². The maximum atomic E-state index is 11.9. The number of carbonyl (C=O) groups excluding carboxylic acids is 1. The van der Waals surface area contributed by atoms with E-state index in [2.05, 4.69) is 31.4 Å². The fourth-order valence-electron chi connectivity index (χ4n) is 1.78. The van der Waals surface area contributed by atoms with Gasteiger partial charge in [0, 0.05) is 25.5 Å². The molecule has 0 aliphatic heterocycles. The minimum Gasteiger partial charge on any atom is -0.480 e. The topological polar surface area (TPSA) is 102 Å². The van der Waals surface area contributed by atoms with Crippen LogP contribution in [0.3, 0.4) is 0 Å². The Kier molecular flexibility index (Phi) is 5.31. The van der Waals surface area contributed by atoms with Gasteiger partial charge in [-0.25, -0.2) is 4.79 Å². The Morgan fingerprint density at radius 1 is 1.50 bits per heavy atom. The van der Waals surface area contributed by atoms with Gasteiger partial charge in [-0.1, -0.05) is 0 Å². The molecule has 2 heterocycles. The number of carboxylic acid groups (broad SMARTS) is 1. The molecule has 22 heavy (non-hydrogen) atoms. The number of rotatable bonds is 7. The minimum atomic E-state index is -1.000. The number of aryl methyl sites for hydroxylation is 1. The Hall–Kier alpha value is -2.16. The van der Waals surface area contributed by atoms with E-state index in [4.69, 9.17) is 5.11 Å². The molecule has 118 valence electrons. The monoisotopic (exact) mass is 369 g/mol. The molecule has 1 amide bonds. The highest BCUT2D eigenvalue weighted by atomic mass is 79.9. The maximum Gasteiger partial charge on any atom is 0.328 e. The lowest BCUT2D eigenvalue weighted by Crippen LogP contribution is -2.26. The number of hydrogen-bond donors (Lipinski definition) is 2. The predicted octanol–water partition coefficient (Wildman–Crippen LogP) is 1.31. The van der Waals surface area contributed by atoms with Crippen molar-refractivity contribution in [3.8, 4) is 0 Å². The summed E-state index contributed by atoms with van der Waals surface area (Å²) in [5.41, 5.74) is 0.204. The average molecular weight is 370 g/mol. The molecule has 0 fully saturated rings. The van der Waals surface area contributed by atoms with Gasteiger partial charge in [-0.05, 0) is 35.3 Å². The summed E-state index contributed by atoms with van der Waals surface area (Å²) in [6, 6.07) is 0.694. The Morgan fingerprint density at radius 2 is 2.27 bits per heavy atom. The van der Waals surface area contributed by atoms with Gasteiger partial charge in [0.05, 0.1) is 10.7 Å². The number of amides is 1. The van der Waals surface area contributed by atoms with E-state index in [1.165, 1.54) is 23.9 Å². The van der Waals surface area contributed by atoms with E-state index in [9.17, 15) is 9.59 Å². The molecule has 0 bridgehead atoms. The number of halogens is 1. The van der Waals surface area contributed by atoms with Crippen molar-refractivity contribution in [2.75, 3.05) is 6.54 Å². The van der Waals surface area contributed by atoms with Gasteiger partial charge in [0.15, 0.2) is 0 Å². The van der Waals surface area contributed by atoms with Crippen molar-refractivity contribution in [1.29, 1.82) is 0 Å². The molecule has 0 aliphatic carbocycles. The second-order valence-electron chi connectivity index (χ2n) is 4.73. The van der Waals surface area contributed by atoms with Gasteiger partial charge in [0.25, 0.3) is 5.91 Å². The van der Waals surface area contributed by atoms with Gasteiger partial charge in [-0.3, -0.25) is 14.2 Å². The van der Waals surface area contributed by atoms with Gasteiger partial charge >= 0.3 is 5.97 Å². The molecule has 0 aliphatic rings. The van der Waals surface area contributed by atoms with E-state index in [0.717, 1.165) is 10.9 Å².